The molecular weight excluding hydrogens is 494 g/mol. The molecule has 3 atom stereocenters. The highest BCUT2D eigenvalue weighted by Crippen LogP contribution is 2.28. The van der Waals surface area contributed by atoms with Crippen LogP contribution in [0.3, 0.4) is 0 Å². The van der Waals surface area contributed by atoms with Gasteiger partial charge in [0.25, 0.3) is 0 Å². The Labute approximate surface area is 236 Å². The third-order valence-electron chi connectivity index (χ3n) is 6.82. The SMILES string of the molecule is CCCCCCCCN(C(=O)C(CO)NC(=O)OC(C)(C)C)C(C(=O)NC(C)CCC)c1cccc(C)c1C. The average Bonchev–Trinajstić information content (AvgIpc) is 2.84. The van der Waals surface area contributed by atoms with Crippen molar-refractivity contribution in [2.24, 2.45) is 0 Å². The van der Waals surface area contributed by atoms with Gasteiger partial charge in [-0.1, -0.05) is 70.6 Å². The summed E-state index contributed by atoms with van der Waals surface area (Å²) in [4.78, 5) is 41.9. The van der Waals surface area contributed by atoms with Gasteiger partial charge in [0, 0.05) is 12.6 Å². The molecule has 0 aliphatic rings. The van der Waals surface area contributed by atoms with Crippen LogP contribution in [0.15, 0.2) is 18.2 Å². The second-order valence-corrected chi connectivity index (χ2v) is 11.6. The van der Waals surface area contributed by atoms with Crippen molar-refractivity contribution < 1.29 is 24.2 Å². The highest BCUT2D eigenvalue weighted by Gasteiger charge is 2.37. The molecule has 39 heavy (non-hydrogen) atoms. The molecule has 0 bridgehead atoms. The van der Waals surface area contributed by atoms with Crippen molar-refractivity contribution >= 4 is 17.9 Å². The number of rotatable bonds is 16. The number of ether oxygens (including phenoxy) is 1. The molecule has 0 radical (unpaired) electrons. The summed E-state index contributed by atoms with van der Waals surface area (Å²) in [6, 6.07) is 3.55. The molecule has 0 aromatic heterocycles. The molecule has 8 heteroatoms. The molecule has 8 nitrogen and oxygen atoms in total. The maximum absolute atomic E-state index is 14.0. The Balaban J connectivity index is 3.44. The van der Waals surface area contributed by atoms with E-state index in [4.69, 9.17) is 4.74 Å². The number of hydrogen-bond donors (Lipinski definition) is 3. The first-order valence-electron chi connectivity index (χ1n) is 14.6. The first-order chi connectivity index (χ1) is 18.4. The van der Waals surface area contributed by atoms with Crippen LogP contribution in [0.2, 0.25) is 0 Å². The number of alkyl carbamates (subject to hydrolysis) is 1. The number of aliphatic hydroxyl groups excluding tert-OH is 1. The Morgan fingerprint density at radius 1 is 0.974 bits per heavy atom. The van der Waals surface area contributed by atoms with Crippen LogP contribution in [0.5, 0.6) is 0 Å². The topological polar surface area (TPSA) is 108 Å². The van der Waals surface area contributed by atoms with Crippen LogP contribution >= 0.6 is 0 Å². The molecule has 0 saturated heterocycles. The first-order valence-corrected chi connectivity index (χ1v) is 14.6. The van der Waals surface area contributed by atoms with E-state index < -0.39 is 36.3 Å². The maximum atomic E-state index is 14.0. The van der Waals surface area contributed by atoms with Crippen molar-refractivity contribution in [1.82, 2.24) is 15.5 Å². The lowest BCUT2D eigenvalue weighted by molar-refractivity contribution is -0.143. The fraction of sp³-hybridized carbons (Fsp3) is 0.710. The zero-order chi connectivity index (χ0) is 29.6. The number of unbranched alkanes of at least 4 members (excludes halogenated alkanes) is 5. The molecule has 1 aromatic carbocycles. The molecule has 222 valence electrons. The Morgan fingerprint density at radius 3 is 2.21 bits per heavy atom. The number of aliphatic hydroxyl groups is 1. The van der Waals surface area contributed by atoms with Gasteiger partial charge in [-0.15, -0.1) is 0 Å². The van der Waals surface area contributed by atoms with Crippen LogP contribution < -0.4 is 10.6 Å². The summed E-state index contributed by atoms with van der Waals surface area (Å²) in [5.41, 5.74) is 1.93. The number of benzene rings is 1. The highest BCUT2D eigenvalue weighted by atomic mass is 16.6. The maximum Gasteiger partial charge on any atom is 0.408 e. The normalized spacial score (nSPS) is 13.8. The molecule has 0 fully saturated rings. The monoisotopic (exact) mass is 547 g/mol. The van der Waals surface area contributed by atoms with E-state index in [1.54, 1.807) is 20.8 Å². The molecule has 3 amide bonds. The van der Waals surface area contributed by atoms with E-state index in [-0.39, 0.29) is 11.9 Å². The van der Waals surface area contributed by atoms with Crippen LogP contribution in [0.1, 0.15) is 116 Å². The van der Waals surface area contributed by atoms with Gasteiger partial charge in [0.1, 0.15) is 17.7 Å². The smallest absolute Gasteiger partial charge is 0.408 e. The fourth-order valence-corrected chi connectivity index (χ4v) is 4.61. The van der Waals surface area contributed by atoms with Gasteiger partial charge in [0.15, 0.2) is 0 Å². The van der Waals surface area contributed by atoms with E-state index in [9.17, 15) is 19.5 Å². The number of nitrogens with one attached hydrogen (secondary N) is 2. The van der Waals surface area contributed by atoms with Gasteiger partial charge in [-0.3, -0.25) is 9.59 Å². The highest BCUT2D eigenvalue weighted by molar-refractivity contribution is 5.92. The zero-order valence-corrected chi connectivity index (χ0v) is 25.6. The summed E-state index contributed by atoms with van der Waals surface area (Å²) in [5, 5.41) is 15.8. The lowest BCUT2D eigenvalue weighted by Gasteiger charge is -2.35. The third-order valence-corrected chi connectivity index (χ3v) is 6.82. The van der Waals surface area contributed by atoms with Crippen LogP contribution in [-0.2, 0) is 14.3 Å². The summed E-state index contributed by atoms with van der Waals surface area (Å²) >= 11 is 0. The largest absolute Gasteiger partial charge is 0.444 e. The number of amides is 3. The van der Waals surface area contributed by atoms with Crippen molar-refractivity contribution in [3.63, 3.8) is 0 Å². The number of nitrogens with zero attached hydrogens (tertiary/aromatic N) is 1. The quantitative estimate of drug-likeness (QED) is 0.229. The van der Waals surface area contributed by atoms with E-state index >= 15 is 0 Å². The fourth-order valence-electron chi connectivity index (χ4n) is 4.61. The van der Waals surface area contributed by atoms with Crippen LogP contribution in [-0.4, -0.2) is 58.8 Å². The van der Waals surface area contributed by atoms with Gasteiger partial charge in [0.2, 0.25) is 11.8 Å². The minimum atomic E-state index is -1.24. The van der Waals surface area contributed by atoms with Crippen LogP contribution in [0.4, 0.5) is 4.79 Å². The Bertz CT molecular complexity index is 912. The van der Waals surface area contributed by atoms with E-state index in [0.29, 0.717) is 13.0 Å². The zero-order valence-electron chi connectivity index (χ0n) is 25.6. The standard InChI is InChI=1S/C31H53N3O5/c1-9-11-12-13-14-15-20-34(29(37)26(21-35)33-30(38)39-31(6,7)8)27(28(36)32-23(4)17-10-2)25-19-16-18-22(3)24(25)5/h16,18-19,23,26-27,35H,9-15,17,20-21H2,1-8H3,(H,32,36)(H,33,38). The summed E-state index contributed by atoms with van der Waals surface area (Å²) in [7, 11) is 0. The Kier molecular flexibility index (Phi) is 15.1. The minimum absolute atomic E-state index is 0.0605. The van der Waals surface area contributed by atoms with Crippen molar-refractivity contribution in [3.8, 4) is 0 Å². The molecule has 0 spiro atoms. The summed E-state index contributed by atoms with van der Waals surface area (Å²) in [6.07, 6.45) is 7.04. The average molecular weight is 548 g/mol. The van der Waals surface area contributed by atoms with Crippen molar-refractivity contribution in [2.45, 2.75) is 130 Å². The third kappa shape index (κ3) is 12.0. The second-order valence-electron chi connectivity index (χ2n) is 11.6. The predicted molar refractivity (Wildman–Crippen MR) is 157 cm³/mol. The van der Waals surface area contributed by atoms with Crippen molar-refractivity contribution in [2.75, 3.05) is 13.2 Å². The minimum Gasteiger partial charge on any atom is -0.444 e. The van der Waals surface area contributed by atoms with Crippen molar-refractivity contribution in [3.05, 3.63) is 34.9 Å². The van der Waals surface area contributed by atoms with E-state index in [1.165, 1.54) is 4.90 Å². The molecule has 3 N–H and O–H groups in total. The summed E-state index contributed by atoms with van der Waals surface area (Å²) in [5.74, 6) is -0.779. The predicted octanol–water partition coefficient (Wildman–Crippen LogP) is 5.72. The number of carbonyl (C=O) groups is 3. The van der Waals surface area contributed by atoms with Gasteiger partial charge < -0.3 is 25.4 Å². The number of hydrogen-bond acceptors (Lipinski definition) is 5. The summed E-state index contributed by atoms with van der Waals surface area (Å²) in [6.45, 7) is 15.0. The number of aryl methyl sites for hydroxylation is 1. The molecule has 0 heterocycles. The van der Waals surface area contributed by atoms with Crippen LogP contribution in [0, 0.1) is 13.8 Å². The molecule has 0 aliphatic heterocycles. The molecule has 0 saturated carbocycles. The van der Waals surface area contributed by atoms with Gasteiger partial charge in [-0.25, -0.2) is 4.79 Å². The van der Waals surface area contributed by atoms with E-state index in [1.807, 2.05) is 39.0 Å². The Hall–Kier alpha value is -2.61. The summed E-state index contributed by atoms with van der Waals surface area (Å²) < 4.78 is 5.33. The van der Waals surface area contributed by atoms with Gasteiger partial charge in [-0.05, 0) is 71.1 Å². The molecule has 0 aliphatic carbocycles. The van der Waals surface area contributed by atoms with Gasteiger partial charge in [-0.2, -0.15) is 0 Å². The van der Waals surface area contributed by atoms with Crippen molar-refractivity contribution in [1.29, 1.82) is 0 Å². The molecule has 3 unspecified atom stereocenters. The van der Waals surface area contributed by atoms with E-state index in [2.05, 4.69) is 24.5 Å². The lowest BCUT2D eigenvalue weighted by atomic mass is 9.94. The molecular formula is C31H53N3O5. The van der Waals surface area contributed by atoms with Gasteiger partial charge >= 0.3 is 6.09 Å². The lowest BCUT2D eigenvalue weighted by Crippen LogP contribution is -2.55. The van der Waals surface area contributed by atoms with Gasteiger partial charge in [0.05, 0.1) is 6.61 Å². The number of carbonyl (C=O) groups excluding carboxylic acids is 3. The van der Waals surface area contributed by atoms with Crippen LogP contribution in [0.25, 0.3) is 0 Å². The first kappa shape index (κ1) is 34.4. The molecule has 1 aromatic rings. The Morgan fingerprint density at radius 2 is 1.62 bits per heavy atom. The van der Waals surface area contributed by atoms with E-state index in [0.717, 1.165) is 61.6 Å². The molecule has 1 rings (SSSR count). The second kappa shape index (κ2) is 17.2.